The van der Waals surface area contributed by atoms with E-state index in [1.807, 2.05) is 30.5 Å². The normalized spacial score (nSPS) is 14.3. The van der Waals surface area contributed by atoms with Gasteiger partial charge in [0.1, 0.15) is 35.0 Å². The average Bonchev–Trinajstić information content (AvgIpc) is 3.26. The maximum absolute atomic E-state index is 13.4. The summed E-state index contributed by atoms with van der Waals surface area (Å²) in [5.74, 6) is 1.81. The van der Waals surface area contributed by atoms with Gasteiger partial charge in [0, 0.05) is 17.7 Å². The number of fused-ring (bicyclic) bond motifs is 2. The van der Waals surface area contributed by atoms with E-state index < -0.39 is 6.10 Å². The Morgan fingerprint density at radius 1 is 1.29 bits per heavy atom. The summed E-state index contributed by atoms with van der Waals surface area (Å²) in [5, 5.41) is 7.07. The highest BCUT2D eigenvalue weighted by Crippen LogP contribution is 2.35. The lowest BCUT2D eigenvalue weighted by molar-refractivity contribution is 0.0820. The Kier molecular flexibility index (Phi) is 6.11. The van der Waals surface area contributed by atoms with Crippen LogP contribution in [0.25, 0.3) is 22.4 Å². The third-order valence-electron chi connectivity index (χ3n) is 5.90. The van der Waals surface area contributed by atoms with E-state index in [1.165, 1.54) is 0 Å². The number of hydrogen-bond acceptors (Lipinski definition) is 8. The summed E-state index contributed by atoms with van der Waals surface area (Å²) in [7, 11) is 0. The van der Waals surface area contributed by atoms with Gasteiger partial charge in [-0.25, -0.2) is 9.97 Å². The fourth-order valence-corrected chi connectivity index (χ4v) is 4.81. The Balaban J connectivity index is 1.66. The molecule has 4 heterocycles. The van der Waals surface area contributed by atoms with E-state index in [9.17, 15) is 4.79 Å². The van der Waals surface area contributed by atoms with Crippen LogP contribution in [0, 0.1) is 13.8 Å². The molecule has 0 fully saturated rings. The van der Waals surface area contributed by atoms with Gasteiger partial charge in [-0.3, -0.25) is 9.93 Å². The van der Waals surface area contributed by atoms with Gasteiger partial charge in [0.2, 0.25) is 0 Å². The SMILES string of the molecule is Cc1cc(C(C)Oc2ccc(Cl)nc2SN)c2oc(-c3cnc4n3CCOC4)c(C)c(=O)c2c1. The van der Waals surface area contributed by atoms with E-state index >= 15 is 0 Å². The van der Waals surface area contributed by atoms with Crippen molar-refractivity contribution in [3.63, 3.8) is 0 Å². The molecule has 8 nitrogen and oxygen atoms in total. The Morgan fingerprint density at radius 2 is 2.12 bits per heavy atom. The van der Waals surface area contributed by atoms with Gasteiger partial charge in [0.05, 0.1) is 18.2 Å². The number of benzene rings is 1. The quantitative estimate of drug-likeness (QED) is 0.304. The molecule has 0 radical (unpaired) electrons. The molecule has 0 aliphatic carbocycles. The Morgan fingerprint density at radius 3 is 2.91 bits per heavy atom. The molecule has 1 atom stereocenters. The van der Waals surface area contributed by atoms with Crippen LogP contribution in [-0.2, 0) is 17.9 Å². The fourth-order valence-electron chi connectivity index (χ4n) is 4.23. The molecule has 5 rings (SSSR count). The second kappa shape index (κ2) is 9.07. The molecule has 1 aliphatic heterocycles. The van der Waals surface area contributed by atoms with E-state index in [0.29, 0.717) is 58.0 Å². The second-order valence-electron chi connectivity index (χ2n) is 8.20. The van der Waals surface area contributed by atoms with E-state index in [0.717, 1.165) is 34.6 Å². The minimum atomic E-state index is -0.456. The molecule has 1 aromatic carbocycles. The van der Waals surface area contributed by atoms with E-state index in [4.69, 9.17) is 30.6 Å². The molecule has 2 N–H and O–H groups in total. The summed E-state index contributed by atoms with van der Waals surface area (Å²) >= 11 is 6.95. The predicted octanol–water partition coefficient (Wildman–Crippen LogP) is 4.96. The van der Waals surface area contributed by atoms with Crippen LogP contribution in [0.1, 0.15) is 35.5 Å². The molecule has 1 unspecified atom stereocenters. The lowest BCUT2D eigenvalue weighted by Crippen LogP contribution is -2.18. The summed E-state index contributed by atoms with van der Waals surface area (Å²) in [6, 6.07) is 7.18. The summed E-state index contributed by atoms with van der Waals surface area (Å²) in [4.78, 5) is 22.1. The molecule has 0 bridgehead atoms. The minimum absolute atomic E-state index is 0.0811. The minimum Gasteiger partial charge on any atom is -0.483 e. The van der Waals surface area contributed by atoms with Gasteiger partial charge in [0.15, 0.2) is 22.0 Å². The Labute approximate surface area is 205 Å². The van der Waals surface area contributed by atoms with Crippen molar-refractivity contribution in [1.29, 1.82) is 0 Å². The number of ether oxygens (including phenoxy) is 2. The Bertz CT molecular complexity index is 1470. The van der Waals surface area contributed by atoms with E-state index in [1.54, 1.807) is 25.3 Å². The van der Waals surface area contributed by atoms with Crippen molar-refractivity contribution >= 4 is 34.5 Å². The van der Waals surface area contributed by atoms with Gasteiger partial charge < -0.3 is 18.5 Å². The van der Waals surface area contributed by atoms with Crippen molar-refractivity contribution in [2.24, 2.45) is 5.14 Å². The number of rotatable bonds is 5. The largest absolute Gasteiger partial charge is 0.483 e. The summed E-state index contributed by atoms with van der Waals surface area (Å²) in [5.41, 5.74) is 3.38. The smallest absolute Gasteiger partial charge is 0.196 e. The van der Waals surface area contributed by atoms with Crippen LogP contribution in [0.15, 0.2) is 44.7 Å². The molecule has 10 heteroatoms. The third kappa shape index (κ3) is 3.98. The maximum atomic E-state index is 13.4. The van der Waals surface area contributed by atoms with Crippen molar-refractivity contribution in [2.45, 2.75) is 45.1 Å². The number of nitrogens with two attached hydrogens (primary N) is 1. The van der Waals surface area contributed by atoms with Gasteiger partial charge in [-0.1, -0.05) is 11.6 Å². The van der Waals surface area contributed by atoms with Crippen molar-refractivity contribution in [2.75, 3.05) is 6.61 Å². The van der Waals surface area contributed by atoms with Crippen molar-refractivity contribution in [1.82, 2.24) is 14.5 Å². The van der Waals surface area contributed by atoms with Crippen LogP contribution in [-0.4, -0.2) is 21.1 Å². The number of aryl methyl sites for hydroxylation is 1. The number of pyridine rings is 1. The standard InChI is InChI=1S/C24H23ClN4O4S/c1-12-8-15(14(3)32-18-4-5-19(25)28-24(18)34-26)23-16(9-12)21(30)13(2)22(33-23)17-10-27-20-11-31-7-6-29(17)20/h4-5,8-10,14H,6-7,11,26H2,1-3H3. The molecular formula is C24H23ClN4O4S. The zero-order valence-electron chi connectivity index (χ0n) is 18.9. The zero-order valence-corrected chi connectivity index (χ0v) is 20.5. The van der Waals surface area contributed by atoms with Crippen molar-refractivity contribution in [3.8, 4) is 17.2 Å². The van der Waals surface area contributed by atoms with Crippen molar-refractivity contribution < 1.29 is 13.9 Å². The highest BCUT2D eigenvalue weighted by Gasteiger charge is 2.24. The molecule has 176 valence electrons. The van der Waals surface area contributed by atoms with Crippen LogP contribution in [0.2, 0.25) is 5.15 Å². The summed E-state index contributed by atoms with van der Waals surface area (Å²) < 4.78 is 20.2. The lowest BCUT2D eigenvalue weighted by atomic mass is 10.0. The first kappa shape index (κ1) is 22.9. The molecule has 3 aromatic heterocycles. The van der Waals surface area contributed by atoms with E-state index in [2.05, 4.69) is 9.97 Å². The van der Waals surface area contributed by atoms with Gasteiger partial charge in [-0.15, -0.1) is 0 Å². The highest BCUT2D eigenvalue weighted by molar-refractivity contribution is 7.97. The first-order valence-electron chi connectivity index (χ1n) is 10.8. The number of halogens is 1. The van der Waals surface area contributed by atoms with E-state index in [-0.39, 0.29) is 5.43 Å². The molecule has 0 spiro atoms. The number of hydrogen-bond donors (Lipinski definition) is 1. The first-order chi connectivity index (χ1) is 16.4. The fraction of sp³-hybridized carbons (Fsp3) is 0.292. The maximum Gasteiger partial charge on any atom is 0.196 e. The monoisotopic (exact) mass is 498 g/mol. The molecule has 4 aromatic rings. The van der Waals surface area contributed by atoms with Crippen LogP contribution in [0.5, 0.6) is 5.75 Å². The van der Waals surface area contributed by atoms with Gasteiger partial charge in [-0.2, -0.15) is 0 Å². The molecule has 34 heavy (non-hydrogen) atoms. The topological polar surface area (TPSA) is 105 Å². The molecule has 0 saturated carbocycles. The van der Waals surface area contributed by atoms with Gasteiger partial charge in [0.25, 0.3) is 0 Å². The second-order valence-corrected chi connectivity index (χ2v) is 9.20. The average molecular weight is 499 g/mol. The molecule has 0 amide bonds. The number of nitrogens with zero attached hydrogens (tertiary/aromatic N) is 3. The molecule has 0 saturated heterocycles. The van der Waals surface area contributed by atoms with Crippen LogP contribution < -0.4 is 15.3 Å². The van der Waals surface area contributed by atoms with Crippen LogP contribution >= 0.6 is 23.5 Å². The number of imidazole rings is 1. The summed E-state index contributed by atoms with van der Waals surface area (Å²) in [6.45, 7) is 7.28. The Hall–Kier alpha value is -2.85. The lowest BCUT2D eigenvalue weighted by Gasteiger charge is -2.20. The third-order valence-corrected chi connectivity index (χ3v) is 6.62. The van der Waals surface area contributed by atoms with Crippen LogP contribution in [0.3, 0.4) is 0 Å². The molecule has 1 aliphatic rings. The van der Waals surface area contributed by atoms with Gasteiger partial charge >= 0.3 is 0 Å². The first-order valence-corrected chi connectivity index (χ1v) is 12.0. The number of aromatic nitrogens is 3. The zero-order chi connectivity index (χ0) is 24.0. The molecular weight excluding hydrogens is 476 g/mol. The predicted molar refractivity (Wildman–Crippen MR) is 131 cm³/mol. The van der Waals surface area contributed by atoms with Gasteiger partial charge in [-0.05, 0) is 62.5 Å². The van der Waals surface area contributed by atoms with Crippen molar-refractivity contribution in [3.05, 3.63) is 68.4 Å². The highest BCUT2D eigenvalue weighted by atomic mass is 35.5. The van der Waals surface area contributed by atoms with Crippen LogP contribution in [0.4, 0.5) is 0 Å². The summed E-state index contributed by atoms with van der Waals surface area (Å²) in [6.07, 6.45) is 1.28.